The van der Waals surface area contributed by atoms with Crippen molar-refractivity contribution in [3.8, 4) is 11.5 Å². The van der Waals surface area contributed by atoms with Gasteiger partial charge in [0.1, 0.15) is 28.8 Å². The van der Waals surface area contributed by atoms with Crippen LogP contribution in [-0.2, 0) is 0 Å². The summed E-state index contributed by atoms with van der Waals surface area (Å²) in [6.07, 6.45) is 4.77. The molecule has 0 unspecified atom stereocenters. The van der Waals surface area contributed by atoms with Gasteiger partial charge in [-0.05, 0) is 31.9 Å². The van der Waals surface area contributed by atoms with Gasteiger partial charge in [0.2, 0.25) is 0 Å². The number of nitrogens with one attached hydrogen (secondary N) is 1. The molecule has 1 aromatic heterocycles. The molecule has 0 radical (unpaired) electrons. The Balaban J connectivity index is 1.84. The summed E-state index contributed by atoms with van der Waals surface area (Å²) in [6, 6.07) is 7.02. The Kier molecular flexibility index (Phi) is 6.11. The second kappa shape index (κ2) is 8.70. The maximum atomic E-state index is 12.8. The van der Waals surface area contributed by atoms with Gasteiger partial charge in [-0.15, -0.1) is 0 Å². The van der Waals surface area contributed by atoms with E-state index in [-0.39, 0.29) is 5.91 Å². The second-order valence-corrected chi connectivity index (χ2v) is 6.58. The van der Waals surface area contributed by atoms with E-state index in [1.807, 2.05) is 6.92 Å². The molecule has 27 heavy (non-hydrogen) atoms. The lowest BCUT2D eigenvalue weighted by Gasteiger charge is -2.22. The zero-order valence-electron chi connectivity index (χ0n) is 16.1. The summed E-state index contributed by atoms with van der Waals surface area (Å²) in [6.45, 7) is 3.73. The minimum absolute atomic E-state index is 0.303. The number of methoxy groups -OCH3 is 2. The first-order chi connectivity index (χ1) is 13.1. The zero-order valence-corrected chi connectivity index (χ0v) is 16.1. The third-order valence-electron chi connectivity index (χ3n) is 4.64. The molecule has 0 saturated carbocycles. The summed E-state index contributed by atoms with van der Waals surface area (Å²) in [7, 11) is 3.14. The van der Waals surface area contributed by atoms with Crippen molar-refractivity contribution < 1.29 is 14.3 Å². The Bertz CT molecular complexity index is 802. The van der Waals surface area contributed by atoms with E-state index in [9.17, 15) is 4.79 Å². The van der Waals surface area contributed by atoms with Gasteiger partial charge in [-0.2, -0.15) is 0 Å². The highest BCUT2D eigenvalue weighted by Gasteiger charge is 2.17. The van der Waals surface area contributed by atoms with Crippen LogP contribution in [-0.4, -0.2) is 43.2 Å². The number of hydrogen-bond donors (Lipinski definition) is 1. The molecule has 7 nitrogen and oxygen atoms in total. The van der Waals surface area contributed by atoms with Gasteiger partial charge in [0.25, 0.3) is 5.91 Å². The zero-order chi connectivity index (χ0) is 19.2. The molecule has 2 heterocycles. The largest absolute Gasteiger partial charge is 0.497 e. The number of benzene rings is 1. The van der Waals surface area contributed by atoms with Crippen LogP contribution in [0.3, 0.4) is 0 Å². The van der Waals surface area contributed by atoms with E-state index in [0.29, 0.717) is 28.7 Å². The van der Waals surface area contributed by atoms with E-state index in [0.717, 1.165) is 31.7 Å². The summed E-state index contributed by atoms with van der Waals surface area (Å²) in [5.41, 5.74) is 0.876. The smallest absolute Gasteiger partial charge is 0.274 e. The Labute approximate surface area is 159 Å². The minimum atomic E-state index is -0.303. The quantitative estimate of drug-likeness (QED) is 0.869. The summed E-state index contributed by atoms with van der Waals surface area (Å²) in [5, 5.41) is 2.87. The molecular weight excluding hydrogens is 344 g/mol. The topological polar surface area (TPSA) is 76.6 Å². The normalized spacial score (nSPS) is 14.4. The predicted octanol–water partition coefficient (Wildman–Crippen LogP) is 3.43. The van der Waals surface area contributed by atoms with Gasteiger partial charge in [0.05, 0.1) is 19.9 Å². The van der Waals surface area contributed by atoms with Crippen molar-refractivity contribution in [2.24, 2.45) is 0 Å². The van der Waals surface area contributed by atoms with Crippen LogP contribution >= 0.6 is 0 Å². The van der Waals surface area contributed by atoms with E-state index in [1.54, 1.807) is 38.5 Å². The van der Waals surface area contributed by atoms with Gasteiger partial charge < -0.3 is 19.7 Å². The number of aromatic nitrogens is 2. The maximum absolute atomic E-state index is 12.8. The lowest BCUT2D eigenvalue weighted by molar-refractivity contribution is 0.102. The first kappa shape index (κ1) is 18.9. The Morgan fingerprint density at radius 1 is 1.04 bits per heavy atom. The van der Waals surface area contributed by atoms with Crippen LogP contribution in [0.5, 0.6) is 11.5 Å². The molecule has 1 fully saturated rings. The third kappa shape index (κ3) is 4.67. The lowest BCUT2D eigenvalue weighted by Crippen LogP contribution is -2.26. The Hall–Kier alpha value is -2.83. The molecule has 1 aliphatic rings. The molecule has 0 aliphatic carbocycles. The fraction of sp³-hybridized carbons (Fsp3) is 0.450. The lowest BCUT2D eigenvalue weighted by atomic mass is 10.2. The second-order valence-electron chi connectivity index (χ2n) is 6.58. The third-order valence-corrected chi connectivity index (χ3v) is 4.64. The molecule has 1 aromatic carbocycles. The van der Waals surface area contributed by atoms with Crippen LogP contribution in [0.25, 0.3) is 0 Å². The molecule has 0 bridgehead atoms. The van der Waals surface area contributed by atoms with Gasteiger partial charge in [0.15, 0.2) is 0 Å². The highest BCUT2D eigenvalue weighted by Crippen LogP contribution is 2.29. The highest BCUT2D eigenvalue weighted by atomic mass is 16.5. The van der Waals surface area contributed by atoms with E-state index in [2.05, 4.69) is 20.2 Å². The van der Waals surface area contributed by atoms with E-state index >= 15 is 0 Å². The molecule has 1 aliphatic heterocycles. The van der Waals surface area contributed by atoms with Crippen LogP contribution in [0.1, 0.15) is 42.0 Å². The van der Waals surface area contributed by atoms with E-state index in [4.69, 9.17) is 9.47 Å². The van der Waals surface area contributed by atoms with Crippen molar-refractivity contribution in [3.63, 3.8) is 0 Å². The van der Waals surface area contributed by atoms with E-state index in [1.165, 1.54) is 12.8 Å². The number of nitrogens with zero attached hydrogens (tertiary/aromatic N) is 3. The van der Waals surface area contributed by atoms with Gasteiger partial charge in [-0.25, -0.2) is 9.97 Å². The Morgan fingerprint density at radius 3 is 2.44 bits per heavy atom. The average Bonchev–Trinajstić information content (AvgIpc) is 2.97. The monoisotopic (exact) mass is 370 g/mol. The van der Waals surface area contributed by atoms with E-state index < -0.39 is 0 Å². The molecule has 1 amide bonds. The highest BCUT2D eigenvalue weighted by molar-refractivity contribution is 6.04. The number of hydrogen-bond acceptors (Lipinski definition) is 6. The molecule has 144 valence electrons. The van der Waals surface area contributed by atoms with Gasteiger partial charge in [-0.3, -0.25) is 4.79 Å². The van der Waals surface area contributed by atoms with Gasteiger partial charge >= 0.3 is 0 Å². The van der Waals surface area contributed by atoms with Gasteiger partial charge in [-0.1, -0.05) is 12.8 Å². The fourth-order valence-electron chi connectivity index (χ4n) is 3.23. The SMILES string of the molecule is COc1ccc(OC)c(NC(=O)c2cc(N3CCCCCC3)nc(C)n2)c1. The molecule has 7 heteroatoms. The standard InChI is InChI=1S/C20H26N4O3/c1-14-21-17(13-19(22-14)24-10-6-4-5-7-11-24)20(25)23-16-12-15(26-2)8-9-18(16)27-3/h8-9,12-13H,4-7,10-11H2,1-3H3,(H,23,25). The number of amides is 1. The molecule has 3 rings (SSSR count). The number of ether oxygens (including phenoxy) is 2. The maximum Gasteiger partial charge on any atom is 0.274 e. The first-order valence-corrected chi connectivity index (χ1v) is 9.24. The molecule has 1 saturated heterocycles. The molecule has 1 N–H and O–H groups in total. The summed E-state index contributed by atoms with van der Waals surface area (Å²) < 4.78 is 10.6. The molecule has 0 atom stereocenters. The number of carbonyl (C=O) groups is 1. The predicted molar refractivity (Wildman–Crippen MR) is 105 cm³/mol. The number of anilines is 2. The Morgan fingerprint density at radius 2 is 1.78 bits per heavy atom. The summed E-state index contributed by atoms with van der Waals surface area (Å²) >= 11 is 0. The summed E-state index contributed by atoms with van der Waals surface area (Å²) in [4.78, 5) is 23.9. The van der Waals surface area contributed by atoms with Gasteiger partial charge in [0, 0.05) is 25.2 Å². The number of carbonyl (C=O) groups excluding carboxylic acids is 1. The van der Waals surface area contributed by atoms with Crippen LogP contribution in [0.4, 0.5) is 11.5 Å². The van der Waals surface area contributed by atoms with Crippen molar-refractivity contribution in [2.45, 2.75) is 32.6 Å². The number of aryl methyl sites for hydroxylation is 1. The molecular formula is C20H26N4O3. The van der Waals surface area contributed by atoms with Crippen molar-refractivity contribution in [2.75, 3.05) is 37.5 Å². The minimum Gasteiger partial charge on any atom is -0.497 e. The number of rotatable bonds is 5. The first-order valence-electron chi connectivity index (χ1n) is 9.24. The van der Waals surface area contributed by atoms with Crippen molar-refractivity contribution in [1.29, 1.82) is 0 Å². The van der Waals surface area contributed by atoms with Crippen LogP contribution in [0.2, 0.25) is 0 Å². The van der Waals surface area contributed by atoms with Crippen molar-refractivity contribution in [3.05, 3.63) is 35.8 Å². The van der Waals surface area contributed by atoms with Crippen LogP contribution in [0.15, 0.2) is 24.3 Å². The van der Waals surface area contributed by atoms with Crippen molar-refractivity contribution in [1.82, 2.24) is 9.97 Å². The summed E-state index contributed by atoms with van der Waals surface area (Å²) in [5.74, 6) is 2.28. The average molecular weight is 370 g/mol. The van der Waals surface area contributed by atoms with Crippen LogP contribution < -0.4 is 19.7 Å². The fourth-order valence-corrected chi connectivity index (χ4v) is 3.23. The van der Waals surface area contributed by atoms with Crippen LogP contribution in [0, 0.1) is 6.92 Å². The molecule has 2 aromatic rings. The van der Waals surface area contributed by atoms with Crippen molar-refractivity contribution >= 4 is 17.4 Å². The molecule has 0 spiro atoms.